The van der Waals surface area contributed by atoms with Gasteiger partial charge in [0, 0.05) is 29.1 Å². The Balaban J connectivity index is 1.81. The van der Waals surface area contributed by atoms with E-state index in [4.69, 9.17) is 9.15 Å². The van der Waals surface area contributed by atoms with Gasteiger partial charge in [-0.15, -0.1) is 0 Å². The van der Waals surface area contributed by atoms with E-state index in [2.05, 4.69) is 24.4 Å². The monoisotopic (exact) mass is 395 g/mol. The first kappa shape index (κ1) is 21.2. The van der Waals surface area contributed by atoms with Crippen molar-refractivity contribution in [2.45, 2.75) is 66.7 Å². The smallest absolute Gasteiger partial charge is 0.244 e. The van der Waals surface area contributed by atoms with Crippen molar-refractivity contribution in [3.63, 3.8) is 0 Å². The van der Waals surface area contributed by atoms with Crippen LogP contribution in [0.1, 0.15) is 68.4 Å². The summed E-state index contributed by atoms with van der Waals surface area (Å²) in [6, 6.07) is 2.09. The Kier molecular flexibility index (Phi) is 6.83. The highest BCUT2D eigenvalue weighted by atomic mass is 16.5. The molecule has 0 saturated carbocycles. The van der Waals surface area contributed by atoms with Crippen LogP contribution in [0.3, 0.4) is 0 Å². The maximum Gasteiger partial charge on any atom is 0.244 e. The van der Waals surface area contributed by atoms with Gasteiger partial charge in [-0.05, 0) is 83.9 Å². The third kappa shape index (κ3) is 4.75. The zero-order valence-corrected chi connectivity index (χ0v) is 18.4. The summed E-state index contributed by atoms with van der Waals surface area (Å²) in [5.41, 5.74) is 6.29. The fourth-order valence-corrected chi connectivity index (χ4v) is 4.04. The fraction of sp³-hybridized carbons (Fsp3) is 0.480. The van der Waals surface area contributed by atoms with Crippen LogP contribution in [-0.4, -0.2) is 19.1 Å². The summed E-state index contributed by atoms with van der Waals surface area (Å²) < 4.78 is 11.9. The molecule has 156 valence electrons. The number of ether oxygens (including phenoxy) is 1. The molecule has 0 atom stereocenters. The predicted octanol–water partition coefficient (Wildman–Crippen LogP) is 6.17. The van der Waals surface area contributed by atoms with Gasteiger partial charge < -0.3 is 14.5 Å². The van der Waals surface area contributed by atoms with Crippen molar-refractivity contribution in [3.05, 3.63) is 46.2 Å². The van der Waals surface area contributed by atoms with Crippen molar-refractivity contribution in [2.75, 3.05) is 13.2 Å². The average molecular weight is 396 g/mol. The molecule has 0 saturated heterocycles. The molecule has 1 aliphatic carbocycles. The van der Waals surface area contributed by atoms with E-state index < -0.39 is 0 Å². The Hall–Kier alpha value is -2.49. The standard InChI is InChI=1S/C25H33NO3/c1-6-28-24-18(4)25-22(17(3)19(5)29-25)15-21(24)16(2)14-23(27)26-13-12-20-10-8-7-9-11-20/h10,14-15H,6-9,11-13H2,1-5H3,(H,26,27)/b16-14+. The van der Waals surface area contributed by atoms with Crippen molar-refractivity contribution < 1.29 is 13.9 Å². The number of hydrogen-bond donors (Lipinski definition) is 1. The Morgan fingerprint density at radius 3 is 2.72 bits per heavy atom. The Morgan fingerprint density at radius 2 is 2.03 bits per heavy atom. The predicted molar refractivity (Wildman–Crippen MR) is 119 cm³/mol. The normalized spacial score (nSPS) is 14.8. The Labute approximate surface area is 174 Å². The number of hydrogen-bond acceptors (Lipinski definition) is 3. The van der Waals surface area contributed by atoms with E-state index in [1.165, 1.54) is 31.3 Å². The van der Waals surface area contributed by atoms with E-state index in [-0.39, 0.29) is 5.91 Å². The highest BCUT2D eigenvalue weighted by Gasteiger charge is 2.18. The minimum absolute atomic E-state index is 0.0563. The quantitative estimate of drug-likeness (QED) is 0.451. The molecule has 1 heterocycles. The number of benzene rings is 1. The maximum atomic E-state index is 12.5. The van der Waals surface area contributed by atoms with Gasteiger partial charge in [0.05, 0.1) is 6.61 Å². The van der Waals surface area contributed by atoms with Crippen molar-refractivity contribution in [1.29, 1.82) is 0 Å². The second kappa shape index (κ2) is 9.34. The van der Waals surface area contributed by atoms with E-state index in [0.29, 0.717) is 13.2 Å². The first-order valence-corrected chi connectivity index (χ1v) is 10.7. The molecule has 4 heteroatoms. The molecule has 0 bridgehead atoms. The molecular formula is C25H33NO3. The Morgan fingerprint density at radius 1 is 1.24 bits per heavy atom. The number of carbonyl (C=O) groups excluding carboxylic acids is 1. The van der Waals surface area contributed by atoms with Gasteiger partial charge in [-0.25, -0.2) is 0 Å². The van der Waals surface area contributed by atoms with Gasteiger partial charge in [0.2, 0.25) is 5.91 Å². The molecule has 1 aliphatic rings. The number of amides is 1. The lowest BCUT2D eigenvalue weighted by Gasteiger charge is -2.15. The third-order valence-electron chi connectivity index (χ3n) is 5.84. The van der Waals surface area contributed by atoms with Crippen LogP contribution in [0.5, 0.6) is 5.75 Å². The first-order chi connectivity index (χ1) is 13.9. The van der Waals surface area contributed by atoms with Crippen molar-refractivity contribution in [1.82, 2.24) is 5.32 Å². The van der Waals surface area contributed by atoms with Crippen molar-refractivity contribution in [3.8, 4) is 5.75 Å². The molecule has 0 unspecified atom stereocenters. The molecule has 4 nitrogen and oxygen atoms in total. The number of aryl methyl sites for hydroxylation is 3. The number of rotatable bonds is 7. The largest absolute Gasteiger partial charge is 0.493 e. The average Bonchev–Trinajstić information content (AvgIpc) is 2.99. The van der Waals surface area contributed by atoms with E-state index >= 15 is 0 Å². The van der Waals surface area contributed by atoms with Crippen LogP contribution >= 0.6 is 0 Å². The second-order valence-electron chi connectivity index (χ2n) is 7.95. The summed E-state index contributed by atoms with van der Waals surface area (Å²) in [6.07, 6.45) is 9.87. The topological polar surface area (TPSA) is 51.5 Å². The summed E-state index contributed by atoms with van der Waals surface area (Å²) in [4.78, 5) is 12.5. The molecule has 0 fully saturated rings. The third-order valence-corrected chi connectivity index (χ3v) is 5.84. The molecule has 1 N–H and O–H groups in total. The van der Waals surface area contributed by atoms with Crippen molar-refractivity contribution >= 4 is 22.4 Å². The molecule has 0 radical (unpaired) electrons. The summed E-state index contributed by atoms with van der Waals surface area (Å²) in [5.74, 6) is 1.65. The van der Waals surface area contributed by atoms with Gasteiger partial charge in [0.1, 0.15) is 17.1 Å². The minimum Gasteiger partial charge on any atom is -0.493 e. The zero-order valence-electron chi connectivity index (χ0n) is 18.4. The summed E-state index contributed by atoms with van der Waals surface area (Å²) in [7, 11) is 0. The number of furan rings is 1. The first-order valence-electron chi connectivity index (χ1n) is 10.7. The summed E-state index contributed by atoms with van der Waals surface area (Å²) >= 11 is 0. The zero-order chi connectivity index (χ0) is 21.0. The molecule has 3 rings (SSSR count). The fourth-order valence-electron chi connectivity index (χ4n) is 4.04. The van der Waals surface area contributed by atoms with Crippen LogP contribution in [0.2, 0.25) is 0 Å². The summed E-state index contributed by atoms with van der Waals surface area (Å²) in [6.45, 7) is 11.2. The van der Waals surface area contributed by atoms with Gasteiger partial charge in [0.25, 0.3) is 0 Å². The second-order valence-corrected chi connectivity index (χ2v) is 7.95. The molecule has 1 aromatic carbocycles. The molecule has 29 heavy (non-hydrogen) atoms. The molecular weight excluding hydrogens is 362 g/mol. The number of fused-ring (bicyclic) bond motifs is 1. The van der Waals surface area contributed by atoms with Gasteiger partial charge in [0.15, 0.2) is 0 Å². The van der Waals surface area contributed by atoms with Gasteiger partial charge in [-0.3, -0.25) is 4.79 Å². The van der Waals surface area contributed by atoms with Crippen LogP contribution in [0, 0.1) is 20.8 Å². The molecule has 0 aliphatic heterocycles. The SMILES string of the molecule is CCOc1c(/C(C)=C/C(=O)NCCC2=CCCCC2)cc2c(C)c(C)oc2c1C. The number of nitrogens with one attached hydrogen (secondary N) is 1. The van der Waals surface area contributed by atoms with E-state index in [9.17, 15) is 4.79 Å². The van der Waals surface area contributed by atoms with Crippen LogP contribution in [0.4, 0.5) is 0 Å². The Bertz CT molecular complexity index is 962. The number of carbonyl (C=O) groups is 1. The van der Waals surface area contributed by atoms with Gasteiger partial charge >= 0.3 is 0 Å². The van der Waals surface area contributed by atoms with Crippen LogP contribution in [0.15, 0.2) is 28.2 Å². The van der Waals surface area contributed by atoms with Crippen LogP contribution in [-0.2, 0) is 4.79 Å². The lowest BCUT2D eigenvalue weighted by atomic mass is 9.97. The summed E-state index contributed by atoms with van der Waals surface area (Å²) in [5, 5.41) is 4.11. The van der Waals surface area contributed by atoms with Crippen LogP contribution in [0.25, 0.3) is 16.5 Å². The maximum absolute atomic E-state index is 12.5. The van der Waals surface area contributed by atoms with Gasteiger partial charge in [-0.1, -0.05) is 11.6 Å². The highest BCUT2D eigenvalue weighted by Crippen LogP contribution is 2.38. The highest BCUT2D eigenvalue weighted by molar-refractivity contribution is 5.98. The lowest BCUT2D eigenvalue weighted by molar-refractivity contribution is -0.116. The van der Waals surface area contributed by atoms with Gasteiger partial charge in [-0.2, -0.15) is 0 Å². The van der Waals surface area contributed by atoms with Crippen LogP contribution < -0.4 is 10.1 Å². The van der Waals surface area contributed by atoms with Crippen molar-refractivity contribution in [2.24, 2.45) is 0 Å². The molecule has 1 aromatic heterocycles. The lowest BCUT2D eigenvalue weighted by Crippen LogP contribution is -2.23. The van der Waals surface area contributed by atoms with E-state index in [0.717, 1.165) is 51.2 Å². The molecule has 2 aromatic rings. The molecule has 1 amide bonds. The molecule has 0 spiro atoms. The number of allylic oxidation sites excluding steroid dienone is 2. The van der Waals surface area contributed by atoms with E-state index in [1.54, 1.807) is 6.08 Å². The van der Waals surface area contributed by atoms with E-state index in [1.807, 2.05) is 27.7 Å². The minimum atomic E-state index is -0.0563.